The smallest absolute Gasteiger partial charge is 0.407 e. The summed E-state index contributed by atoms with van der Waals surface area (Å²) in [4.78, 5) is 11.8. The van der Waals surface area contributed by atoms with Crippen molar-refractivity contribution in [1.29, 1.82) is 0 Å². The SMILES string of the molecule is Cn1ccc(CNc2ccccc2CNC(=O)OC(C)(C)C)c1. The zero-order valence-electron chi connectivity index (χ0n) is 14.2. The van der Waals surface area contributed by atoms with Crippen LogP contribution in [0.25, 0.3) is 0 Å². The second kappa shape index (κ2) is 7.22. The molecule has 1 aromatic carbocycles. The number of anilines is 1. The first-order chi connectivity index (χ1) is 10.8. The van der Waals surface area contributed by atoms with E-state index in [9.17, 15) is 4.79 Å². The topological polar surface area (TPSA) is 55.3 Å². The fraction of sp³-hybridized carbons (Fsp3) is 0.389. The fourth-order valence-corrected chi connectivity index (χ4v) is 2.19. The Morgan fingerprint density at radius 2 is 1.91 bits per heavy atom. The number of para-hydroxylation sites is 1. The van der Waals surface area contributed by atoms with E-state index in [1.165, 1.54) is 5.56 Å². The van der Waals surface area contributed by atoms with Crippen LogP contribution in [-0.4, -0.2) is 16.3 Å². The lowest BCUT2D eigenvalue weighted by molar-refractivity contribution is 0.0523. The first-order valence-electron chi connectivity index (χ1n) is 7.73. The van der Waals surface area contributed by atoms with Crippen LogP contribution in [0.5, 0.6) is 0 Å². The van der Waals surface area contributed by atoms with Crippen molar-refractivity contribution in [2.45, 2.75) is 39.5 Å². The van der Waals surface area contributed by atoms with E-state index in [-0.39, 0.29) is 0 Å². The highest BCUT2D eigenvalue weighted by Gasteiger charge is 2.16. The van der Waals surface area contributed by atoms with Crippen molar-refractivity contribution in [3.8, 4) is 0 Å². The van der Waals surface area contributed by atoms with Gasteiger partial charge in [-0.3, -0.25) is 0 Å². The molecule has 0 spiro atoms. The molecule has 23 heavy (non-hydrogen) atoms. The van der Waals surface area contributed by atoms with Crippen molar-refractivity contribution >= 4 is 11.8 Å². The van der Waals surface area contributed by atoms with Crippen LogP contribution in [-0.2, 0) is 24.9 Å². The van der Waals surface area contributed by atoms with Crippen LogP contribution < -0.4 is 10.6 Å². The van der Waals surface area contributed by atoms with Crippen LogP contribution in [0.1, 0.15) is 31.9 Å². The molecule has 0 aliphatic carbocycles. The van der Waals surface area contributed by atoms with Crippen molar-refractivity contribution in [1.82, 2.24) is 9.88 Å². The Bertz CT molecular complexity index is 656. The van der Waals surface area contributed by atoms with Crippen LogP contribution in [0.4, 0.5) is 10.5 Å². The third-order valence-corrected chi connectivity index (χ3v) is 3.22. The summed E-state index contributed by atoms with van der Waals surface area (Å²) in [5.74, 6) is 0. The highest BCUT2D eigenvalue weighted by Crippen LogP contribution is 2.16. The van der Waals surface area contributed by atoms with Crippen LogP contribution in [0.3, 0.4) is 0 Å². The second-order valence-corrected chi connectivity index (χ2v) is 6.55. The molecule has 2 N–H and O–H groups in total. The van der Waals surface area contributed by atoms with Gasteiger partial charge in [-0.15, -0.1) is 0 Å². The molecule has 1 heterocycles. The Balaban J connectivity index is 1.93. The standard InChI is InChI=1S/C18H25N3O2/c1-18(2,3)23-17(22)20-12-15-7-5-6-8-16(15)19-11-14-9-10-21(4)13-14/h5-10,13,19H,11-12H2,1-4H3,(H,20,22). The average molecular weight is 315 g/mol. The lowest BCUT2D eigenvalue weighted by Gasteiger charge is -2.20. The fourth-order valence-electron chi connectivity index (χ4n) is 2.19. The molecule has 0 fully saturated rings. The molecule has 5 heteroatoms. The van der Waals surface area contributed by atoms with Crippen LogP contribution in [0.2, 0.25) is 0 Å². The summed E-state index contributed by atoms with van der Waals surface area (Å²) in [5.41, 5.74) is 2.75. The monoisotopic (exact) mass is 315 g/mol. The second-order valence-electron chi connectivity index (χ2n) is 6.55. The molecule has 1 aromatic heterocycles. The van der Waals surface area contributed by atoms with Gasteiger partial charge in [-0.25, -0.2) is 4.79 Å². The number of ether oxygens (including phenoxy) is 1. The molecular weight excluding hydrogens is 290 g/mol. The number of aromatic nitrogens is 1. The van der Waals surface area contributed by atoms with Crippen molar-refractivity contribution in [2.75, 3.05) is 5.32 Å². The highest BCUT2D eigenvalue weighted by molar-refractivity contribution is 5.68. The van der Waals surface area contributed by atoms with E-state index in [0.29, 0.717) is 6.54 Å². The number of aryl methyl sites for hydroxylation is 1. The molecule has 0 atom stereocenters. The van der Waals surface area contributed by atoms with Crippen molar-refractivity contribution in [2.24, 2.45) is 7.05 Å². The van der Waals surface area contributed by atoms with Crippen molar-refractivity contribution < 1.29 is 9.53 Å². The number of rotatable bonds is 5. The first-order valence-corrected chi connectivity index (χ1v) is 7.73. The van der Waals surface area contributed by atoms with Gasteiger partial charge in [-0.1, -0.05) is 18.2 Å². The predicted molar refractivity (Wildman–Crippen MR) is 92.3 cm³/mol. The maximum Gasteiger partial charge on any atom is 0.407 e. The normalized spacial score (nSPS) is 11.1. The van der Waals surface area contributed by atoms with E-state index in [0.717, 1.165) is 17.8 Å². The van der Waals surface area contributed by atoms with Crippen molar-refractivity contribution in [3.63, 3.8) is 0 Å². The number of benzene rings is 1. The maximum atomic E-state index is 11.8. The van der Waals surface area contributed by atoms with Gasteiger partial charge in [-0.05, 0) is 44.0 Å². The minimum atomic E-state index is -0.491. The summed E-state index contributed by atoms with van der Waals surface area (Å²) in [5, 5.41) is 6.20. The van der Waals surface area contributed by atoms with Crippen molar-refractivity contribution in [3.05, 3.63) is 53.9 Å². The third kappa shape index (κ3) is 5.70. The summed E-state index contributed by atoms with van der Waals surface area (Å²) in [6, 6.07) is 10.0. The van der Waals surface area contributed by atoms with E-state index in [1.807, 2.05) is 62.8 Å². The van der Waals surface area contributed by atoms with Gasteiger partial charge in [0.1, 0.15) is 5.60 Å². The number of nitrogens with one attached hydrogen (secondary N) is 2. The van der Waals surface area contributed by atoms with Gasteiger partial charge in [0.2, 0.25) is 0 Å². The van der Waals surface area contributed by atoms with E-state index in [2.05, 4.69) is 22.9 Å². The molecular formula is C18H25N3O2. The Morgan fingerprint density at radius 3 is 2.57 bits per heavy atom. The van der Waals surface area contributed by atoms with Gasteiger partial charge in [0.25, 0.3) is 0 Å². The van der Waals surface area contributed by atoms with Crippen LogP contribution in [0, 0.1) is 0 Å². The molecule has 0 aliphatic rings. The number of carbonyl (C=O) groups is 1. The Kier molecular flexibility index (Phi) is 5.32. The van der Waals surface area contributed by atoms with E-state index in [1.54, 1.807) is 0 Å². The van der Waals surface area contributed by atoms with Crippen LogP contribution >= 0.6 is 0 Å². The summed E-state index contributed by atoms with van der Waals surface area (Å²) < 4.78 is 7.28. The molecule has 1 amide bonds. The molecule has 2 aromatic rings. The van der Waals surface area contributed by atoms with Gasteiger partial charge in [-0.2, -0.15) is 0 Å². The molecule has 0 saturated heterocycles. The summed E-state index contributed by atoms with van der Waals surface area (Å²) in [6.07, 6.45) is 3.69. The molecule has 2 rings (SSSR count). The van der Waals surface area contributed by atoms with E-state index < -0.39 is 11.7 Å². The number of carbonyl (C=O) groups excluding carboxylic acids is 1. The van der Waals surface area contributed by atoms with E-state index in [4.69, 9.17) is 4.74 Å². The maximum absolute atomic E-state index is 11.8. The molecule has 0 unspecified atom stereocenters. The Labute approximate surface area is 137 Å². The molecule has 5 nitrogen and oxygen atoms in total. The summed E-state index contributed by atoms with van der Waals surface area (Å²) in [7, 11) is 2.00. The predicted octanol–water partition coefficient (Wildman–Crippen LogP) is 3.66. The summed E-state index contributed by atoms with van der Waals surface area (Å²) in [6.45, 7) is 6.71. The number of hydrogen-bond acceptors (Lipinski definition) is 3. The van der Waals surface area contributed by atoms with Gasteiger partial charge in [0, 0.05) is 38.2 Å². The largest absolute Gasteiger partial charge is 0.444 e. The number of nitrogens with zero attached hydrogens (tertiary/aromatic N) is 1. The first kappa shape index (κ1) is 16.9. The lowest BCUT2D eigenvalue weighted by Crippen LogP contribution is -2.32. The van der Waals surface area contributed by atoms with Gasteiger partial charge in [0.05, 0.1) is 0 Å². The Hall–Kier alpha value is -2.43. The highest BCUT2D eigenvalue weighted by atomic mass is 16.6. The number of hydrogen-bond donors (Lipinski definition) is 2. The zero-order chi connectivity index (χ0) is 16.9. The number of alkyl carbamates (subject to hydrolysis) is 1. The minimum Gasteiger partial charge on any atom is -0.444 e. The van der Waals surface area contributed by atoms with Crippen LogP contribution in [0.15, 0.2) is 42.7 Å². The average Bonchev–Trinajstić information content (AvgIpc) is 2.87. The van der Waals surface area contributed by atoms with Gasteiger partial charge >= 0.3 is 6.09 Å². The molecule has 0 aliphatic heterocycles. The lowest BCUT2D eigenvalue weighted by atomic mass is 10.1. The van der Waals surface area contributed by atoms with E-state index >= 15 is 0 Å². The molecule has 0 saturated carbocycles. The quantitative estimate of drug-likeness (QED) is 0.885. The number of amides is 1. The zero-order valence-corrected chi connectivity index (χ0v) is 14.2. The van der Waals surface area contributed by atoms with Gasteiger partial charge < -0.3 is 19.9 Å². The molecule has 0 bridgehead atoms. The Morgan fingerprint density at radius 1 is 1.17 bits per heavy atom. The third-order valence-electron chi connectivity index (χ3n) is 3.22. The molecule has 0 radical (unpaired) electrons. The van der Waals surface area contributed by atoms with Gasteiger partial charge in [0.15, 0.2) is 0 Å². The minimum absolute atomic E-state index is 0.407. The summed E-state index contributed by atoms with van der Waals surface area (Å²) >= 11 is 0. The molecule has 124 valence electrons.